The molecule has 0 unspecified atom stereocenters. The van der Waals surface area contributed by atoms with Crippen molar-refractivity contribution in [1.29, 1.82) is 0 Å². The van der Waals surface area contributed by atoms with Gasteiger partial charge in [-0.1, -0.05) is 71.2 Å². The van der Waals surface area contributed by atoms with Crippen LogP contribution in [0.5, 0.6) is 0 Å². The SMILES string of the molecule is CC(C)NC(=O)[C@@H](Cc1ccccc1)N(Cc1ccc(Cl)cc1Cl)C(=O)CN(c1ccc(Cl)cc1)S(C)(=O)=O. The number of benzene rings is 3. The van der Waals surface area contributed by atoms with Crippen LogP contribution in [0.1, 0.15) is 25.0 Å². The molecule has 0 bridgehead atoms. The lowest BCUT2D eigenvalue weighted by atomic mass is 10.0. The Morgan fingerprint density at radius 1 is 0.897 bits per heavy atom. The van der Waals surface area contributed by atoms with Gasteiger partial charge < -0.3 is 10.2 Å². The van der Waals surface area contributed by atoms with E-state index >= 15 is 0 Å². The highest BCUT2D eigenvalue weighted by molar-refractivity contribution is 7.92. The van der Waals surface area contributed by atoms with Crippen LogP contribution in [0.4, 0.5) is 5.69 Å². The van der Waals surface area contributed by atoms with Gasteiger partial charge >= 0.3 is 0 Å². The normalized spacial score (nSPS) is 12.2. The molecule has 208 valence electrons. The minimum Gasteiger partial charge on any atom is -0.352 e. The molecule has 2 amide bonds. The summed E-state index contributed by atoms with van der Waals surface area (Å²) in [6.45, 7) is 3.07. The van der Waals surface area contributed by atoms with Crippen LogP contribution in [0.2, 0.25) is 15.1 Å². The fourth-order valence-electron chi connectivity index (χ4n) is 3.99. The number of sulfonamides is 1. The van der Waals surface area contributed by atoms with E-state index in [1.165, 1.54) is 17.0 Å². The van der Waals surface area contributed by atoms with Crippen molar-refractivity contribution in [2.45, 2.75) is 38.9 Å². The Kier molecular flexibility index (Phi) is 10.7. The summed E-state index contributed by atoms with van der Waals surface area (Å²) < 4.78 is 26.5. The third-order valence-electron chi connectivity index (χ3n) is 5.85. The van der Waals surface area contributed by atoms with Gasteiger partial charge in [0, 0.05) is 34.1 Å². The van der Waals surface area contributed by atoms with Gasteiger partial charge in [-0.25, -0.2) is 8.42 Å². The average molecular weight is 611 g/mol. The number of nitrogens with one attached hydrogen (secondary N) is 1. The number of amides is 2. The second kappa shape index (κ2) is 13.5. The molecule has 1 atom stereocenters. The van der Waals surface area contributed by atoms with E-state index < -0.39 is 28.5 Å². The van der Waals surface area contributed by atoms with Gasteiger partial charge in [-0.3, -0.25) is 13.9 Å². The number of rotatable bonds is 11. The topological polar surface area (TPSA) is 86.8 Å². The molecular formula is C28H30Cl3N3O4S. The molecule has 0 spiro atoms. The Morgan fingerprint density at radius 3 is 2.08 bits per heavy atom. The largest absolute Gasteiger partial charge is 0.352 e. The van der Waals surface area contributed by atoms with E-state index in [1.807, 2.05) is 44.2 Å². The maximum Gasteiger partial charge on any atom is 0.244 e. The summed E-state index contributed by atoms with van der Waals surface area (Å²) in [5.41, 5.74) is 1.66. The lowest BCUT2D eigenvalue weighted by Crippen LogP contribution is -2.54. The van der Waals surface area contributed by atoms with Gasteiger partial charge in [-0.15, -0.1) is 0 Å². The van der Waals surface area contributed by atoms with Gasteiger partial charge in [0.25, 0.3) is 0 Å². The molecule has 0 fully saturated rings. The summed E-state index contributed by atoms with van der Waals surface area (Å²) in [6.07, 6.45) is 1.22. The Hall–Kier alpha value is -2.78. The lowest BCUT2D eigenvalue weighted by molar-refractivity contribution is -0.140. The fourth-order valence-corrected chi connectivity index (χ4v) is 5.43. The molecular weight excluding hydrogens is 581 g/mol. The third-order valence-corrected chi connectivity index (χ3v) is 7.83. The summed E-state index contributed by atoms with van der Waals surface area (Å²) in [5, 5.41) is 4.06. The van der Waals surface area contributed by atoms with Crippen molar-refractivity contribution in [3.8, 4) is 0 Å². The Balaban J connectivity index is 2.07. The highest BCUT2D eigenvalue weighted by Crippen LogP contribution is 2.26. The first kappa shape index (κ1) is 30.8. The first-order chi connectivity index (χ1) is 18.3. The molecule has 39 heavy (non-hydrogen) atoms. The van der Waals surface area contributed by atoms with Crippen LogP contribution in [-0.2, 0) is 32.6 Å². The van der Waals surface area contributed by atoms with Crippen molar-refractivity contribution in [3.05, 3.63) is 99.0 Å². The Labute approximate surface area is 244 Å². The van der Waals surface area contributed by atoms with E-state index in [4.69, 9.17) is 34.8 Å². The molecule has 0 aliphatic carbocycles. The summed E-state index contributed by atoms with van der Waals surface area (Å²) in [7, 11) is -3.87. The minimum absolute atomic E-state index is 0.0456. The molecule has 1 N–H and O–H groups in total. The zero-order chi connectivity index (χ0) is 28.7. The number of nitrogens with zero attached hydrogens (tertiary/aromatic N) is 2. The van der Waals surface area contributed by atoms with E-state index in [0.717, 1.165) is 16.1 Å². The highest BCUT2D eigenvalue weighted by atomic mass is 35.5. The van der Waals surface area contributed by atoms with Gasteiger partial charge in [0.2, 0.25) is 21.8 Å². The molecule has 3 aromatic rings. The maximum atomic E-state index is 14.0. The molecule has 11 heteroatoms. The van der Waals surface area contributed by atoms with E-state index in [1.54, 1.807) is 30.3 Å². The summed E-state index contributed by atoms with van der Waals surface area (Å²) in [4.78, 5) is 28.9. The zero-order valence-corrected chi connectivity index (χ0v) is 24.9. The van der Waals surface area contributed by atoms with Crippen molar-refractivity contribution in [2.24, 2.45) is 0 Å². The molecule has 7 nitrogen and oxygen atoms in total. The second-order valence-corrected chi connectivity index (χ2v) is 12.6. The predicted molar refractivity (Wildman–Crippen MR) is 158 cm³/mol. The standard InChI is InChI=1S/C28H30Cl3N3O4S/c1-19(2)32-28(36)26(15-20-7-5-4-6-8-20)33(17-21-9-10-23(30)16-25(21)31)27(35)18-34(39(3,37)38)24-13-11-22(29)12-14-24/h4-14,16,19,26H,15,17-18H2,1-3H3,(H,32,36)/t26-/m1/s1. The molecule has 0 saturated heterocycles. The Morgan fingerprint density at radius 2 is 1.51 bits per heavy atom. The van der Waals surface area contributed by atoms with Crippen molar-refractivity contribution >= 4 is 62.3 Å². The smallest absolute Gasteiger partial charge is 0.244 e. The molecule has 0 saturated carbocycles. The molecule has 0 aliphatic rings. The van der Waals surface area contributed by atoms with Gasteiger partial charge in [0.1, 0.15) is 12.6 Å². The number of carbonyl (C=O) groups excluding carboxylic acids is 2. The van der Waals surface area contributed by atoms with Gasteiger partial charge in [0.15, 0.2) is 0 Å². The van der Waals surface area contributed by atoms with Crippen molar-refractivity contribution < 1.29 is 18.0 Å². The molecule has 3 aromatic carbocycles. The number of halogens is 3. The zero-order valence-electron chi connectivity index (χ0n) is 21.8. The number of hydrogen-bond donors (Lipinski definition) is 1. The van der Waals surface area contributed by atoms with Crippen LogP contribution in [0.3, 0.4) is 0 Å². The van der Waals surface area contributed by atoms with Crippen LogP contribution in [0, 0.1) is 0 Å². The third kappa shape index (κ3) is 8.86. The predicted octanol–water partition coefficient (Wildman–Crippen LogP) is 5.58. The van der Waals surface area contributed by atoms with Crippen LogP contribution >= 0.6 is 34.8 Å². The number of carbonyl (C=O) groups is 2. The first-order valence-electron chi connectivity index (χ1n) is 12.2. The van der Waals surface area contributed by atoms with Crippen molar-refractivity contribution in [2.75, 3.05) is 17.1 Å². The average Bonchev–Trinajstić information content (AvgIpc) is 2.86. The van der Waals surface area contributed by atoms with Crippen LogP contribution in [0.25, 0.3) is 0 Å². The second-order valence-electron chi connectivity index (χ2n) is 9.37. The molecule has 0 radical (unpaired) electrons. The van der Waals surface area contributed by atoms with E-state index in [9.17, 15) is 18.0 Å². The maximum absolute atomic E-state index is 14.0. The highest BCUT2D eigenvalue weighted by Gasteiger charge is 2.33. The van der Waals surface area contributed by atoms with Gasteiger partial charge in [-0.2, -0.15) is 0 Å². The van der Waals surface area contributed by atoms with E-state index in [0.29, 0.717) is 20.6 Å². The van der Waals surface area contributed by atoms with Gasteiger partial charge in [0.05, 0.1) is 11.9 Å². The molecule has 3 rings (SSSR count). The van der Waals surface area contributed by atoms with Crippen LogP contribution < -0.4 is 9.62 Å². The molecule has 0 aromatic heterocycles. The molecule has 0 aliphatic heterocycles. The number of hydrogen-bond acceptors (Lipinski definition) is 4. The number of anilines is 1. The first-order valence-corrected chi connectivity index (χ1v) is 15.1. The summed E-state index contributed by atoms with van der Waals surface area (Å²) in [6, 6.07) is 19.1. The quantitative estimate of drug-likeness (QED) is 0.307. The monoisotopic (exact) mass is 609 g/mol. The molecule has 0 heterocycles. The van der Waals surface area contributed by atoms with Crippen molar-refractivity contribution in [3.63, 3.8) is 0 Å². The summed E-state index contributed by atoms with van der Waals surface area (Å²) >= 11 is 18.5. The van der Waals surface area contributed by atoms with Crippen molar-refractivity contribution in [1.82, 2.24) is 10.2 Å². The lowest BCUT2D eigenvalue weighted by Gasteiger charge is -2.34. The Bertz CT molecular complexity index is 1400. The van der Waals surface area contributed by atoms with Crippen LogP contribution in [0.15, 0.2) is 72.8 Å². The van der Waals surface area contributed by atoms with Crippen LogP contribution in [-0.4, -0.2) is 50.0 Å². The summed E-state index contributed by atoms with van der Waals surface area (Å²) in [5.74, 6) is -0.953. The van der Waals surface area contributed by atoms with E-state index in [2.05, 4.69) is 5.32 Å². The minimum atomic E-state index is -3.87. The van der Waals surface area contributed by atoms with Gasteiger partial charge in [-0.05, 0) is 61.4 Å². The fraction of sp³-hybridized carbons (Fsp3) is 0.286. The van der Waals surface area contributed by atoms with E-state index in [-0.39, 0.29) is 30.6 Å².